The van der Waals surface area contributed by atoms with Crippen LogP contribution in [0, 0.1) is 0 Å². The number of carbonyl (C=O) groups excluding carboxylic acids is 1. The molecule has 2 rings (SSSR count). The van der Waals surface area contributed by atoms with Gasteiger partial charge in [0.15, 0.2) is 0 Å². The molecule has 0 radical (unpaired) electrons. The Hall–Kier alpha value is -2.78. The van der Waals surface area contributed by atoms with Gasteiger partial charge in [0, 0.05) is 26.6 Å². The van der Waals surface area contributed by atoms with Crippen LogP contribution in [0.4, 0.5) is 11.9 Å². The molecule has 0 aliphatic heterocycles. The van der Waals surface area contributed by atoms with E-state index >= 15 is 0 Å². The number of hydrogen-bond donors (Lipinski definition) is 3. The van der Waals surface area contributed by atoms with Crippen molar-refractivity contribution in [3.05, 3.63) is 12.7 Å². The van der Waals surface area contributed by atoms with Crippen LogP contribution in [0.1, 0.15) is 13.3 Å². The molecule has 0 atom stereocenters. The number of amides is 1. The summed E-state index contributed by atoms with van der Waals surface area (Å²) in [6.07, 6.45) is 3.23. The monoisotopic (exact) mass is 291 g/mol. The lowest BCUT2D eigenvalue weighted by atomic mass is 10.4. The number of carbonyl (C=O) groups is 1. The minimum atomic E-state index is -0.0237. The highest BCUT2D eigenvalue weighted by molar-refractivity contribution is 5.76. The minimum Gasteiger partial charge on any atom is -0.357 e. The van der Waals surface area contributed by atoms with Crippen molar-refractivity contribution in [3.63, 3.8) is 0 Å². The molecular weight excluding hydrogens is 274 g/mol. The summed E-state index contributed by atoms with van der Waals surface area (Å²) in [6.45, 7) is 2.92. The van der Waals surface area contributed by atoms with Crippen molar-refractivity contribution < 1.29 is 4.79 Å². The van der Waals surface area contributed by atoms with E-state index in [0.29, 0.717) is 37.4 Å². The third kappa shape index (κ3) is 4.09. The van der Waals surface area contributed by atoms with Gasteiger partial charge in [-0.1, -0.05) is 0 Å². The van der Waals surface area contributed by atoms with E-state index in [1.807, 2.05) is 6.92 Å². The molecule has 0 fully saturated rings. The molecule has 2 heterocycles. The first-order valence-electron chi connectivity index (χ1n) is 6.52. The lowest BCUT2D eigenvalue weighted by Gasteiger charge is -2.08. The Labute approximate surface area is 121 Å². The summed E-state index contributed by atoms with van der Waals surface area (Å²) in [5, 5.41) is 12.5. The third-order valence-corrected chi connectivity index (χ3v) is 2.48. The molecule has 3 N–H and O–H groups in total. The predicted octanol–water partition coefficient (Wildman–Crippen LogP) is -0.568. The van der Waals surface area contributed by atoms with Crippen LogP contribution in [0.15, 0.2) is 12.7 Å². The normalized spacial score (nSPS) is 10.2. The molecule has 0 aromatic carbocycles. The van der Waals surface area contributed by atoms with E-state index in [1.54, 1.807) is 7.05 Å². The molecule has 10 nitrogen and oxygen atoms in total. The number of nitrogens with zero attached hydrogens (tertiary/aromatic N) is 6. The largest absolute Gasteiger partial charge is 0.357 e. The Morgan fingerprint density at radius 2 is 2.10 bits per heavy atom. The van der Waals surface area contributed by atoms with Gasteiger partial charge < -0.3 is 16.0 Å². The number of rotatable bonds is 7. The van der Waals surface area contributed by atoms with Gasteiger partial charge in [-0.3, -0.25) is 4.79 Å². The highest BCUT2D eigenvalue weighted by Crippen LogP contribution is 2.07. The molecule has 21 heavy (non-hydrogen) atoms. The summed E-state index contributed by atoms with van der Waals surface area (Å²) in [7, 11) is 1.71. The van der Waals surface area contributed by atoms with Gasteiger partial charge in [-0.15, -0.1) is 0 Å². The fraction of sp³-hybridized carbons (Fsp3) is 0.455. The molecule has 0 saturated heterocycles. The summed E-state index contributed by atoms with van der Waals surface area (Å²) in [6, 6.07) is 0. The molecule has 10 heteroatoms. The lowest BCUT2D eigenvalue weighted by molar-refractivity contribution is -0.120. The Morgan fingerprint density at radius 1 is 1.29 bits per heavy atom. The zero-order valence-electron chi connectivity index (χ0n) is 11.9. The second-order valence-corrected chi connectivity index (χ2v) is 4.00. The number of nitrogens with one attached hydrogen (secondary N) is 3. The van der Waals surface area contributed by atoms with Gasteiger partial charge in [0.1, 0.15) is 12.7 Å². The van der Waals surface area contributed by atoms with E-state index in [9.17, 15) is 4.79 Å². The van der Waals surface area contributed by atoms with Crippen LogP contribution in [-0.2, 0) is 4.79 Å². The molecule has 0 aliphatic carbocycles. The minimum absolute atomic E-state index is 0.0237. The number of aromatic nitrogens is 6. The first-order valence-corrected chi connectivity index (χ1v) is 6.52. The van der Waals surface area contributed by atoms with Crippen molar-refractivity contribution in [2.24, 2.45) is 0 Å². The van der Waals surface area contributed by atoms with Gasteiger partial charge in [0.05, 0.1) is 0 Å². The molecule has 0 bridgehead atoms. The van der Waals surface area contributed by atoms with Crippen molar-refractivity contribution in [1.29, 1.82) is 0 Å². The van der Waals surface area contributed by atoms with Crippen molar-refractivity contribution >= 4 is 17.8 Å². The molecule has 0 saturated carbocycles. The molecule has 0 spiro atoms. The second kappa shape index (κ2) is 7.12. The predicted molar refractivity (Wildman–Crippen MR) is 76.1 cm³/mol. The smallest absolute Gasteiger partial charge is 0.258 e. The SMILES string of the molecule is CCNC(=O)CCNc1nc(NC)nc(-n2cncn2)n1. The second-order valence-electron chi connectivity index (χ2n) is 4.00. The fourth-order valence-electron chi connectivity index (χ4n) is 1.54. The van der Waals surface area contributed by atoms with E-state index < -0.39 is 0 Å². The molecule has 2 aromatic heterocycles. The van der Waals surface area contributed by atoms with Crippen LogP contribution in [-0.4, -0.2) is 55.8 Å². The van der Waals surface area contributed by atoms with Crippen LogP contribution >= 0.6 is 0 Å². The maximum absolute atomic E-state index is 11.4. The van der Waals surface area contributed by atoms with Gasteiger partial charge >= 0.3 is 0 Å². The standard InChI is InChI=1S/C11H17N9O/c1-3-14-8(21)4-5-15-10-17-9(12-2)18-11(19-10)20-7-13-6-16-20/h6-7H,3-5H2,1-2H3,(H,14,21)(H2,12,15,17,18,19). The van der Waals surface area contributed by atoms with Crippen LogP contribution in [0.25, 0.3) is 5.95 Å². The molecule has 112 valence electrons. The molecule has 0 unspecified atom stereocenters. The maximum atomic E-state index is 11.4. The average molecular weight is 291 g/mol. The van der Waals surface area contributed by atoms with E-state index in [0.717, 1.165) is 0 Å². The highest BCUT2D eigenvalue weighted by atomic mass is 16.1. The van der Waals surface area contributed by atoms with Crippen molar-refractivity contribution in [1.82, 2.24) is 35.0 Å². The van der Waals surface area contributed by atoms with Gasteiger partial charge in [-0.25, -0.2) is 4.98 Å². The van der Waals surface area contributed by atoms with Crippen molar-refractivity contribution in [2.75, 3.05) is 30.8 Å². The summed E-state index contributed by atoms with van der Waals surface area (Å²) in [5.41, 5.74) is 0. The first kappa shape index (κ1) is 14.6. The Bertz CT molecular complexity index is 583. The van der Waals surface area contributed by atoms with E-state index in [2.05, 4.69) is 41.0 Å². The number of anilines is 2. The number of hydrogen-bond acceptors (Lipinski definition) is 8. The van der Waals surface area contributed by atoms with Gasteiger partial charge in [0.25, 0.3) is 5.95 Å². The zero-order chi connectivity index (χ0) is 15.1. The van der Waals surface area contributed by atoms with E-state index in [4.69, 9.17) is 0 Å². The lowest BCUT2D eigenvalue weighted by Crippen LogP contribution is -2.25. The molecule has 1 amide bonds. The van der Waals surface area contributed by atoms with Crippen molar-refractivity contribution in [2.45, 2.75) is 13.3 Å². The quantitative estimate of drug-likeness (QED) is 0.620. The van der Waals surface area contributed by atoms with Crippen LogP contribution < -0.4 is 16.0 Å². The third-order valence-electron chi connectivity index (χ3n) is 2.48. The van der Waals surface area contributed by atoms with Crippen molar-refractivity contribution in [3.8, 4) is 5.95 Å². The Balaban J connectivity index is 2.05. The van der Waals surface area contributed by atoms with E-state index in [-0.39, 0.29) is 5.91 Å². The van der Waals surface area contributed by atoms with Crippen LogP contribution in [0.2, 0.25) is 0 Å². The van der Waals surface area contributed by atoms with Gasteiger partial charge in [-0.2, -0.15) is 24.7 Å². The fourth-order valence-corrected chi connectivity index (χ4v) is 1.54. The zero-order valence-corrected chi connectivity index (χ0v) is 11.9. The first-order chi connectivity index (χ1) is 10.2. The maximum Gasteiger partial charge on any atom is 0.258 e. The summed E-state index contributed by atoms with van der Waals surface area (Å²) < 4.78 is 1.43. The molecule has 0 aliphatic rings. The summed E-state index contributed by atoms with van der Waals surface area (Å²) in [4.78, 5) is 27.8. The molecule has 2 aromatic rings. The van der Waals surface area contributed by atoms with Crippen LogP contribution in [0.3, 0.4) is 0 Å². The summed E-state index contributed by atoms with van der Waals surface area (Å²) >= 11 is 0. The average Bonchev–Trinajstić information content (AvgIpc) is 3.01. The van der Waals surface area contributed by atoms with Crippen LogP contribution in [0.5, 0.6) is 0 Å². The highest BCUT2D eigenvalue weighted by Gasteiger charge is 2.08. The topological polar surface area (TPSA) is 123 Å². The Morgan fingerprint density at radius 3 is 2.76 bits per heavy atom. The van der Waals surface area contributed by atoms with Gasteiger partial charge in [-0.05, 0) is 6.92 Å². The van der Waals surface area contributed by atoms with Gasteiger partial charge in [0.2, 0.25) is 17.8 Å². The van der Waals surface area contributed by atoms with E-state index in [1.165, 1.54) is 17.3 Å². The molecular formula is C11H17N9O. The summed E-state index contributed by atoms with van der Waals surface area (Å²) in [5.74, 6) is 1.08. The Kier molecular flexibility index (Phi) is 4.96.